The van der Waals surface area contributed by atoms with E-state index in [1.165, 1.54) is 30.9 Å². The highest BCUT2D eigenvalue weighted by atomic mass is 19.1. The van der Waals surface area contributed by atoms with Crippen LogP contribution in [0.3, 0.4) is 0 Å². The maximum Gasteiger partial charge on any atom is 0.333 e. The molecule has 0 saturated heterocycles. The number of hydrogen-bond acceptors (Lipinski definition) is 5. The number of halogens is 1. The third-order valence-corrected chi connectivity index (χ3v) is 5.52. The minimum absolute atomic E-state index is 0.133. The van der Waals surface area contributed by atoms with Gasteiger partial charge in [-0.1, -0.05) is 30.3 Å². The van der Waals surface area contributed by atoms with Crippen LogP contribution in [0.2, 0.25) is 0 Å². The van der Waals surface area contributed by atoms with Crippen LogP contribution in [0, 0.1) is 5.82 Å². The van der Waals surface area contributed by atoms with Crippen molar-refractivity contribution in [3.8, 4) is 16.9 Å². The van der Waals surface area contributed by atoms with Gasteiger partial charge < -0.3 is 4.74 Å². The molecule has 0 amide bonds. The van der Waals surface area contributed by atoms with Crippen molar-refractivity contribution in [1.82, 2.24) is 23.1 Å². The standard InChI is InChI=1S/C23H18FN5O4/c1-26-20-19(21(31)28(23(26)32)13-18(30)33-2)27-12-17(14-6-4-3-5-7-14)29(22(27)25-20)16-10-8-15(24)9-11-16/h3-12H,13H2,1-2H3. The Morgan fingerprint density at radius 3 is 2.42 bits per heavy atom. The van der Waals surface area contributed by atoms with Crippen molar-refractivity contribution >= 4 is 22.9 Å². The highest BCUT2D eigenvalue weighted by Crippen LogP contribution is 2.28. The summed E-state index contributed by atoms with van der Waals surface area (Å²) in [6.07, 6.45) is 1.73. The maximum absolute atomic E-state index is 13.6. The van der Waals surface area contributed by atoms with Gasteiger partial charge in [0.15, 0.2) is 11.2 Å². The van der Waals surface area contributed by atoms with E-state index in [1.54, 1.807) is 27.3 Å². The number of benzene rings is 2. The molecule has 0 atom stereocenters. The molecule has 166 valence electrons. The first kappa shape index (κ1) is 20.4. The molecule has 0 radical (unpaired) electrons. The fourth-order valence-corrected chi connectivity index (χ4v) is 3.89. The second-order valence-corrected chi connectivity index (χ2v) is 7.46. The van der Waals surface area contributed by atoms with Gasteiger partial charge in [-0.15, -0.1) is 0 Å². The summed E-state index contributed by atoms with van der Waals surface area (Å²) >= 11 is 0. The summed E-state index contributed by atoms with van der Waals surface area (Å²) < 4.78 is 23.6. The molecule has 10 heteroatoms. The molecule has 0 aliphatic rings. The Labute approximate surface area is 185 Å². The summed E-state index contributed by atoms with van der Waals surface area (Å²) in [6, 6.07) is 15.3. The highest BCUT2D eigenvalue weighted by Gasteiger charge is 2.23. The minimum atomic E-state index is -0.719. The first-order valence-electron chi connectivity index (χ1n) is 10.0. The zero-order valence-electron chi connectivity index (χ0n) is 17.7. The Morgan fingerprint density at radius 1 is 1.06 bits per heavy atom. The van der Waals surface area contributed by atoms with Crippen LogP contribution in [0.5, 0.6) is 0 Å². The number of rotatable bonds is 4. The van der Waals surface area contributed by atoms with Crippen molar-refractivity contribution < 1.29 is 13.9 Å². The number of carbonyl (C=O) groups excluding carboxylic acids is 1. The van der Waals surface area contributed by atoms with Crippen LogP contribution in [0.1, 0.15) is 0 Å². The molecule has 5 rings (SSSR count). The topological polar surface area (TPSA) is 92.5 Å². The molecule has 5 aromatic rings. The molecular formula is C23H18FN5O4. The van der Waals surface area contributed by atoms with E-state index in [9.17, 15) is 18.8 Å². The molecule has 0 fully saturated rings. The van der Waals surface area contributed by atoms with Gasteiger partial charge in [-0.25, -0.2) is 13.8 Å². The van der Waals surface area contributed by atoms with Crippen LogP contribution >= 0.6 is 0 Å². The van der Waals surface area contributed by atoms with Gasteiger partial charge in [0.1, 0.15) is 12.4 Å². The molecule has 0 unspecified atom stereocenters. The van der Waals surface area contributed by atoms with Crippen molar-refractivity contribution in [2.75, 3.05) is 7.11 Å². The normalized spacial score (nSPS) is 11.4. The van der Waals surface area contributed by atoms with E-state index in [0.29, 0.717) is 17.2 Å². The molecule has 9 nitrogen and oxygen atoms in total. The SMILES string of the molecule is COC(=O)Cn1c(=O)c2c(nc3n(-c4ccc(F)cc4)c(-c4ccccc4)cn23)n(C)c1=O. The Hall–Kier alpha value is -4.47. The first-order chi connectivity index (χ1) is 15.9. The Bertz CT molecular complexity index is 1640. The quantitative estimate of drug-likeness (QED) is 0.394. The minimum Gasteiger partial charge on any atom is -0.468 e. The van der Waals surface area contributed by atoms with Gasteiger partial charge in [0.05, 0.1) is 12.8 Å². The monoisotopic (exact) mass is 447 g/mol. The van der Waals surface area contributed by atoms with Gasteiger partial charge in [-0.05, 0) is 24.3 Å². The van der Waals surface area contributed by atoms with Crippen molar-refractivity contribution in [1.29, 1.82) is 0 Å². The second-order valence-electron chi connectivity index (χ2n) is 7.46. The zero-order chi connectivity index (χ0) is 23.3. The van der Waals surface area contributed by atoms with Crippen LogP contribution in [-0.4, -0.2) is 36.2 Å². The molecular weight excluding hydrogens is 429 g/mol. The predicted molar refractivity (Wildman–Crippen MR) is 119 cm³/mol. The average molecular weight is 447 g/mol. The molecule has 0 aliphatic heterocycles. The Morgan fingerprint density at radius 2 is 1.76 bits per heavy atom. The zero-order valence-corrected chi connectivity index (χ0v) is 17.7. The summed E-state index contributed by atoms with van der Waals surface area (Å²) in [5, 5.41) is 0. The molecule has 0 saturated carbocycles. The number of imidazole rings is 2. The summed E-state index contributed by atoms with van der Waals surface area (Å²) in [6.45, 7) is -0.518. The van der Waals surface area contributed by atoms with Crippen molar-refractivity contribution in [3.05, 3.63) is 87.4 Å². The maximum atomic E-state index is 13.6. The lowest BCUT2D eigenvalue weighted by Crippen LogP contribution is -2.41. The molecule has 3 aromatic heterocycles. The molecule has 0 spiro atoms. The van der Waals surface area contributed by atoms with E-state index < -0.39 is 23.8 Å². The lowest BCUT2D eigenvalue weighted by atomic mass is 10.1. The third-order valence-electron chi connectivity index (χ3n) is 5.52. The van der Waals surface area contributed by atoms with Crippen LogP contribution in [0.25, 0.3) is 33.9 Å². The van der Waals surface area contributed by atoms with Gasteiger partial charge in [-0.2, -0.15) is 4.98 Å². The van der Waals surface area contributed by atoms with Crippen LogP contribution < -0.4 is 11.2 Å². The first-order valence-corrected chi connectivity index (χ1v) is 10.0. The molecule has 2 aromatic carbocycles. The largest absolute Gasteiger partial charge is 0.468 e. The smallest absolute Gasteiger partial charge is 0.333 e. The Kier molecular flexibility index (Phi) is 4.70. The van der Waals surface area contributed by atoms with Gasteiger partial charge in [0.25, 0.3) is 5.56 Å². The number of esters is 1. The van der Waals surface area contributed by atoms with E-state index >= 15 is 0 Å². The summed E-state index contributed by atoms with van der Waals surface area (Å²) in [5.74, 6) is -0.744. The van der Waals surface area contributed by atoms with Crippen LogP contribution in [0.15, 0.2) is 70.4 Å². The van der Waals surface area contributed by atoms with Gasteiger partial charge in [0.2, 0.25) is 5.78 Å². The summed E-state index contributed by atoms with van der Waals surface area (Å²) in [7, 11) is 2.66. The van der Waals surface area contributed by atoms with E-state index in [4.69, 9.17) is 0 Å². The summed E-state index contributed by atoms with van der Waals surface area (Å²) in [4.78, 5) is 42.4. The molecule has 33 heavy (non-hydrogen) atoms. The van der Waals surface area contributed by atoms with E-state index in [1.807, 2.05) is 30.3 Å². The molecule has 0 aliphatic carbocycles. The van der Waals surface area contributed by atoms with Gasteiger partial charge in [0, 0.05) is 24.5 Å². The highest BCUT2D eigenvalue weighted by molar-refractivity contribution is 5.80. The third kappa shape index (κ3) is 3.15. The van der Waals surface area contributed by atoms with E-state index in [2.05, 4.69) is 9.72 Å². The lowest BCUT2D eigenvalue weighted by molar-refractivity contribution is -0.141. The fraction of sp³-hybridized carbons (Fsp3) is 0.130. The van der Waals surface area contributed by atoms with Gasteiger partial charge >= 0.3 is 11.7 Å². The van der Waals surface area contributed by atoms with Crippen molar-refractivity contribution in [2.24, 2.45) is 7.05 Å². The number of aromatic nitrogens is 5. The number of nitrogens with zero attached hydrogens (tertiary/aromatic N) is 5. The van der Waals surface area contributed by atoms with E-state index in [0.717, 1.165) is 10.1 Å². The summed E-state index contributed by atoms with van der Waals surface area (Å²) in [5.41, 5.74) is 1.13. The average Bonchev–Trinajstić information content (AvgIpc) is 3.38. The van der Waals surface area contributed by atoms with E-state index in [-0.39, 0.29) is 17.0 Å². The van der Waals surface area contributed by atoms with Crippen LogP contribution in [-0.2, 0) is 23.1 Å². The lowest BCUT2D eigenvalue weighted by Gasteiger charge is -2.09. The number of fused-ring (bicyclic) bond motifs is 3. The number of methoxy groups -OCH3 is 1. The molecule has 0 N–H and O–H groups in total. The fourth-order valence-electron chi connectivity index (χ4n) is 3.89. The van der Waals surface area contributed by atoms with Crippen molar-refractivity contribution in [2.45, 2.75) is 6.54 Å². The van der Waals surface area contributed by atoms with Crippen molar-refractivity contribution in [3.63, 3.8) is 0 Å². The molecule has 0 bridgehead atoms. The molecule has 3 heterocycles. The number of carbonyl (C=O) groups is 1. The number of aryl methyl sites for hydroxylation is 1. The second kappa shape index (κ2) is 7.59. The number of hydrogen-bond donors (Lipinski definition) is 0. The predicted octanol–water partition coefficient (Wildman–Crippen LogP) is 2.12. The van der Waals surface area contributed by atoms with Gasteiger partial charge in [-0.3, -0.25) is 23.1 Å². The Balaban J connectivity index is 1.90. The number of ether oxygens (including phenoxy) is 1. The van der Waals surface area contributed by atoms with Crippen LogP contribution in [0.4, 0.5) is 4.39 Å².